The maximum atomic E-state index is 14.0. The van der Waals surface area contributed by atoms with Crippen molar-refractivity contribution in [3.8, 4) is 5.69 Å². The molecule has 8 heteroatoms. The fourth-order valence-corrected chi connectivity index (χ4v) is 5.34. The van der Waals surface area contributed by atoms with Crippen LogP contribution in [-0.2, 0) is 0 Å². The van der Waals surface area contributed by atoms with Crippen molar-refractivity contribution in [3.63, 3.8) is 0 Å². The molecule has 2 aromatic carbocycles. The summed E-state index contributed by atoms with van der Waals surface area (Å²) in [5.41, 5.74) is 3.83. The molecule has 0 N–H and O–H groups in total. The van der Waals surface area contributed by atoms with Crippen LogP contribution in [0.3, 0.4) is 0 Å². The molecule has 5 aromatic rings. The van der Waals surface area contributed by atoms with Crippen molar-refractivity contribution >= 4 is 56.4 Å². The smallest absolute Gasteiger partial charge is 0.265 e. The predicted octanol–water partition coefficient (Wildman–Crippen LogP) is 6.40. The number of hydrogen-bond acceptors (Lipinski definition) is 4. The van der Waals surface area contributed by atoms with Crippen LogP contribution in [0, 0.1) is 6.92 Å². The van der Waals surface area contributed by atoms with Gasteiger partial charge < -0.3 is 0 Å². The van der Waals surface area contributed by atoms with Gasteiger partial charge in [0.25, 0.3) is 5.56 Å². The van der Waals surface area contributed by atoms with E-state index in [4.69, 9.17) is 38.2 Å². The summed E-state index contributed by atoms with van der Waals surface area (Å²) in [6.07, 6.45) is 5.46. The summed E-state index contributed by atoms with van der Waals surface area (Å²) in [6, 6.07) is 13.2. The standard InChI is InChI=1S/C25H21Cl2N5O/c1-14-28-23-21(25(33)31(14)15-7-3-2-4-8-15)22-24(30-20-10-6-5-9-19(20)29-22)32(23)16-11-12-17(26)18(27)13-16/h5-6,9-13,15H,2-4,7-8H2,1H3. The maximum Gasteiger partial charge on any atom is 0.265 e. The number of rotatable bonds is 2. The van der Waals surface area contributed by atoms with E-state index in [0.29, 0.717) is 38.1 Å². The first-order valence-corrected chi connectivity index (χ1v) is 11.9. The van der Waals surface area contributed by atoms with Gasteiger partial charge in [0.05, 0.1) is 26.8 Å². The molecule has 166 valence electrons. The van der Waals surface area contributed by atoms with Crippen LogP contribution in [0.5, 0.6) is 0 Å². The Morgan fingerprint density at radius 3 is 2.33 bits per heavy atom. The average Bonchev–Trinajstić information content (AvgIpc) is 3.13. The Morgan fingerprint density at radius 2 is 1.61 bits per heavy atom. The lowest BCUT2D eigenvalue weighted by Crippen LogP contribution is -2.29. The van der Waals surface area contributed by atoms with Crippen molar-refractivity contribution < 1.29 is 0 Å². The molecule has 0 bridgehead atoms. The highest BCUT2D eigenvalue weighted by Crippen LogP contribution is 2.33. The molecule has 0 atom stereocenters. The van der Waals surface area contributed by atoms with Crippen LogP contribution in [0.15, 0.2) is 47.3 Å². The topological polar surface area (TPSA) is 65.6 Å². The fourth-order valence-electron chi connectivity index (χ4n) is 5.05. The molecule has 0 spiro atoms. The third-order valence-electron chi connectivity index (χ3n) is 6.59. The molecule has 0 radical (unpaired) electrons. The molecule has 3 aromatic heterocycles. The Kier molecular flexibility index (Phi) is 4.89. The monoisotopic (exact) mass is 477 g/mol. The van der Waals surface area contributed by atoms with Crippen molar-refractivity contribution in [2.75, 3.05) is 0 Å². The molecule has 33 heavy (non-hydrogen) atoms. The summed E-state index contributed by atoms with van der Waals surface area (Å²) in [7, 11) is 0. The number of halogens is 2. The number of hydrogen-bond donors (Lipinski definition) is 0. The summed E-state index contributed by atoms with van der Waals surface area (Å²) in [6.45, 7) is 1.91. The van der Waals surface area contributed by atoms with Crippen molar-refractivity contribution in [1.29, 1.82) is 0 Å². The van der Waals surface area contributed by atoms with Gasteiger partial charge in [-0.2, -0.15) is 0 Å². The SMILES string of the molecule is Cc1nc2c(c(=O)n1C1CCCCC1)c1nc3ccccc3nc1n2-c1ccc(Cl)c(Cl)c1. The van der Waals surface area contributed by atoms with E-state index in [2.05, 4.69) is 0 Å². The van der Waals surface area contributed by atoms with Crippen LogP contribution >= 0.6 is 23.2 Å². The van der Waals surface area contributed by atoms with E-state index in [1.807, 2.05) is 46.4 Å². The Labute approximate surface area is 199 Å². The van der Waals surface area contributed by atoms with Gasteiger partial charge in [-0.15, -0.1) is 0 Å². The summed E-state index contributed by atoms with van der Waals surface area (Å²) in [4.78, 5) is 28.7. The van der Waals surface area contributed by atoms with Gasteiger partial charge in [0.15, 0.2) is 11.3 Å². The molecule has 6 rings (SSSR count). The summed E-state index contributed by atoms with van der Waals surface area (Å²) in [5, 5.41) is 1.37. The zero-order valence-corrected chi connectivity index (χ0v) is 19.6. The number of para-hydroxylation sites is 2. The second-order valence-corrected chi connectivity index (χ2v) is 9.46. The second kappa shape index (κ2) is 7.82. The van der Waals surface area contributed by atoms with E-state index < -0.39 is 0 Å². The van der Waals surface area contributed by atoms with Crippen molar-refractivity contribution in [1.82, 2.24) is 24.1 Å². The van der Waals surface area contributed by atoms with Crippen molar-refractivity contribution in [2.24, 2.45) is 0 Å². The van der Waals surface area contributed by atoms with Crippen molar-refractivity contribution in [2.45, 2.75) is 45.1 Å². The molecule has 0 aliphatic heterocycles. The highest BCUT2D eigenvalue weighted by molar-refractivity contribution is 6.42. The van der Waals surface area contributed by atoms with E-state index in [1.165, 1.54) is 6.42 Å². The maximum absolute atomic E-state index is 14.0. The lowest BCUT2D eigenvalue weighted by atomic mass is 9.95. The highest BCUT2D eigenvalue weighted by Gasteiger charge is 2.25. The number of aromatic nitrogens is 5. The third-order valence-corrected chi connectivity index (χ3v) is 7.33. The molecule has 1 saturated carbocycles. The summed E-state index contributed by atoms with van der Waals surface area (Å²) >= 11 is 12.5. The van der Waals surface area contributed by atoms with E-state index in [0.717, 1.165) is 42.4 Å². The predicted molar refractivity (Wildman–Crippen MR) is 133 cm³/mol. The van der Waals surface area contributed by atoms with Crippen LogP contribution < -0.4 is 5.56 Å². The van der Waals surface area contributed by atoms with Crippen LogP contribution in [0.2, 0.25) is 10.0 Å². The van der Waals surface area contributed by atoms with Gasteiger partial charge in [-0.1, -0.05) is 54.6 Å². The van der Waals surface area contributed by atoms with E-state index >= 15 is 0 Å². The Balaban J connectivity index is 1.76. The zero-order valence-electron chi connectivity index (χ0n) is 18.1. The van der Waals surface area contributed by atoms with Gasteiger partial charge in [0, 0.05) is 6.04 Å². The number of benzene rings is 2. The molecule has 1 aliphatic carbocycles. The normalized spacial score (nSPS) is 15.1. The van der Waals surface area contributed by atoms with Gasteiger partial charge in [0.1, 0.15) is 16.7 Å². The minimum Gasteiger partial charge on any atom is -0.293 e. The number of nitrogens with zero attached hydrogens (tertiary/aromatic N) is 5. The molecular formula is C25H21Cl2N5O. The lowest BCUT2D eigenvalue weighted by Gasteiger charge is -2.25. The highest BCUT2D eigenvalue weighted by atomic mass is 35.5. The molecule has 0 saturated heterocycles. The van der Waals surface area contributed by atoms with Crippen LogP contribution in [0.4, 0.5) is 0 Å². The quantitative estimate of drug-likeness (QED) is 0.294. The largest absolute Gasteiger partial charge is 0.293 e. The molecule has 0 amide bonds. The van der Waals surface area contributed by atoms with Gasteiger partial charge in [-0.05, 0) is 50.1 Å². The van der Waals surface area contributed by atoms with Crippen LogP contribution in [0.1, 0.15) is 44.0 Å². The summed E-state index contributed by atoms with van der Waals surface area (Å²) in [5.74, 6) is 0.702. The first-order valence-electron chi connectivity index (χ1n) is 11.2. The van der Waals surface area contributed by atoms with Gasteiger partial charge in [-0.3, -0.25) is 13.9 Å². The fraction of sp³-hybridized carbons (Fsp3) is 0.280. The van der Waals surface area contributed by atoms with E-state index in [9.17, 15) is 4.79 Å². The second-order valence-electron chi connectivity index (χ2n) is 8.64. The Morgan fingerprint density at radius 1 is 0.879 bits per heavy atom. The Bertz CT molecular complexity index is 1620. The molecule has 3 heterocycles. The molecule has 1 aliphatic rings. The zero-order chi connectivity index (χ0) is 22.7. The Hall–Kier alpha value is -2.96. The van der Waals surface area contributed by atoms with E-state index in [1.54, 1.807) is 12.1 Å². The number of aryl methyl sites for hydroxylation is 1. The van der Waals surface area contributed by atoms with E-state index in [-0.39, 0.29) is 11.6 Å². The van der Waals surface area contributed by atoms with Crippen LogP contribution in [0.25, 0.3) is 38.9 Å². The van der Waals surface area contributed by atoms with Crippen molar-refractivity contribution in [3.05, 3.63) is 68.7 Å². The van der Waals surface area contributed by atoms with Crippen LogP contribution in [-0.4, -0.2) is 24.1 Å². The van der Waals surface area contributed by atoms with Gasteiger partial charge >= 0.3 is 0 Å². The first kappa shape index (κ1) is 20.6. The molecular weight excluding hydrogens is 457 g/mol. The number of fused-ring (bicyclic) bond motifs is 4. The first-order chi connectivity index (χ1) is 16.0. The average molecular weight is 478 g/mol. The third kappa shape index (κ3) is 3.23. The lowest BCUT2D eigenvalue weighted by molar-refractivity contribution is 0.339. The minimum atomic E-state index is -0.0576. The summed E-state index contributed by atoms with van der Waals surface area (Å²) < 4.78 is 3.74. The van der Waals surface area contributed by atoms with Gasteiger partial charge in [0.2, 0.25) is 0 Å². The van der Waals surface area contributed by atoms with Gasteiger partial charge in [-0.25, -0.2) is 15.0 Å². The molecule has 6 nitrogen and oxygen atoms in total. The minimum absolute atomic E-state index is 0.0576. The molecule has 1 fully saturated rings. The molecule has 0 unspecified atom stereocenters.